The van der Waals surface area contributed by atoms with Crippen LogP contribution >= 0.6 is 15.9 Å². The number of hydrogen-bond acceptors (Lipinski definition) is 4. The molecule has 0 spiro atoms. The number of aliphatic hydroxyl groups is 1. The number of nitrogens with zero attached hydrogens (tertiary/aromatic N) is 3. The lowest BCUT2D eigenvalue weighted by Crippen LogP contribution is -2.18. The molecular weight excluding hydrogens is 308 g/mol. The highest BCUT2D eigenvalue weighted by Crippen LogP contribution is 2.17. The van der Waals surface area contributed by atoms with Gasteiger partial charge >= 0.3 is 0 Å². The van der Waals surface area contributed by atoms with E-state index >= 15 is 0 Å². The highest BCUT2D eigenvalue weighted by Gasteiger charge is 2.07. The fourth-order valence-corrected chi connectivity index (χ4v) is 2.20. The van der Waals surface area contributed by atoms with Crippen LogP contribution in [0.15, 0.2) is 34.9 Å². The van der Waals surface area contributed by atoms with Gasteiger partial charge in [-0.1, -0.05) is 33.3 Å². The lowest BCUT2D eigenvalue weighted by atomic mass is 10.1. The number of hydrogen-bond donors (Lipinski definition) is 2. The fourth-order valence-electron chi connectivity index (χ4n) is 1.78. The van der Waals surface area contributed by atoms with Gasteiger partial charge in [0.25, 0.3) is 0 Å². The van der Waals surface area contributed by atoms with Gasteiger partial charge in [0.2, 0.25) is 0 Å². The van der Waals surface area contributed by atoms with E-state index in [0.717, 1.165) is 10.2 Å². The number of aromatic nitrogens is 3. The Morgan fingerprint density at radius 2 is 2.32 bits per heavy atom. The summed E-state index contributed by atoms with van der Waals surface area (Å²) in [7, 11) is 0. The SMILES string of the molecule is C[C@@H](NCc1cn(CCO)nn1)c1cccc(Br)c1. The largest absolute Gasteiger partial charge is 0.394 e. The highest BCUT2D eigenvalue weighted by molar-refractivity contribution is 9.10. The molecule has 2 N–H and O–H groups in total. The second-order valence-electron chi connectivity index (χ2n) is 4.35. The molecule has 0 bridgehead atoms. The summed E-state index contributed by atoms with van der Waals surface area (Å²) in [6.07, 6.45) is 1.84. The Balaban J connectivity index is 1.90. The predicted octanol–water partition coefficient (Wildman–Crippen LogP) is 1.88. The molecule has 0 aliphatic heterocycles. The maximum Gasteiger partial charge on any atom is 0.0965 e. The van der Waals surface area contributed by atoms with Crippen molar-refractivity contribution in [2.75, 3.05) is 6.61 Å². The third-order valence-electron chi connectivity index (χ3n) is 2.85. The van der Waals surface area contributed by atoms with Crippen LogP contribution in [-0.4, -0.2) is 26.7 Å². The van der Waals surface area contributed by atoms with Crippen LogP contribution in [0.3, 0.4) is 0 Å². The molecule has 0 saturated carbocycles. The third kappa shape index (κ3) is 4.12. The van der Waals surface area contributed by atoms with Gasteiger partial charge in [0, 0.05) is 23.3 Å². The van der Waals surface area contributed by atoms with Crippen LogP contribution in [0.1, 0.15) is 24.2 Å². The number of halogens is 1. The summed E-state index contributed by atoms with van der Waals surface area (Å²) in [6.45, 7) is 3.32. The van der Waals surface area contributed by atoms with Crippen molar-refractivity contribution < 1.29 is 5.11 Å². The Morgan fingerprint density at radius 3 is 3.05 bits per heavy atom. The number of rotatable bonds is 6. The summed E-state index contributed by atoms with van der Waals surface area (Å²) in [5.74, 6) is 0. The van der Waals surface area contributed by atoms with Crippen LogP contribution in [-0.2, 0) is 13.1 Å². The molecule has 0 radical (unpaired) electrons. The molecular formula is C13H17BrN4O. The highest BCUT2D eigenvalue weighted by atomic mass is 79.9. The number of aliphatic hydroxyl groups excluding tert-OH is 1. The molecule has 1 atom stereocenters. The van der Waals surface area contributed by atoms with Gasteiger partial charge in [-0.3, -0.25) is 0 Å². The first-order valence-corrected chi connectivity index (χ1v) is 6.97. The van der Waals surface area contributed by atoms with Crippen LogP contribution in [0.4, 0.5) is 0 Å². The molecule has 1 aromatic carbocycles. The van der Waals surface area contributed by atoms with Gasteiger partial charge in [0.1, 0.15) is 0 Å². The van der Waals surface area contributed by atoms with E-state index < -0.39 is 0 Å². The molecule has 0 amide bonds. The number of benzene rings is 1. The molecule has 1 heterocycles. The number of nitrogens with one attached hydrogen (secondary N) is 1. The van der Waals surface area contributed by atoms with Crippen LogP contribution in [0.25, 0.3) is 0 Å². The molecule has 0 aliphatic rings. The molecule has 5 nitrogen and oxygen atoms in total. The summed E-state index contributed by atoms with van der Waals surface area (Å²) in [5.41, 5.74) is 2.09. The summed E-state index contributed by atoms with van der Waals surface area (Å²) >= 11 is 3.47. The van der Waals surface area contributed by atoms with E-state index in [1.807, 2.05) is 18.3 Å². The second kappa shape index (κ2) is 6.79. The smallest absolute Gasteiger partial charge is 0.0965 e. The van der Waals surface area contributed by atoms with Crippen molar-refractivity contribution in [3.8, 4) is 0 Å². The Morgan fingerprint density at radius 1 is 1.47 bits per heavy atom. The van der Waals surface area contributed by atoms with Gasteiger partial charge in [-0.15, -0.1) is 5.10 Å². The molecule has 2 rings (SSSR count). The molecule has 0 unspecified atom stereocenters. The lowest BCUT2D eigenvalue weighted by molar-refractivity contribution is 0.268. The Hall–Kier alpha value is -1.24. The van der Waals surface area contributed by atoms with Gasteiger partial charge in [-0.05, 0) is 24.6 Å². The predicted molar refractivity (Wildman–Crippen MR) is 76.5 cm³/mol. The van der Waals surface area contributed by atoms with Gasteiger partial charge in [-0.2, -0.15) is 0 Å². The zero-order chi connectivity index (χ0) is 13.7. The average molecular weight is 325 g/mol. The van der Waals surface area contributed by atoms with Crippen molar-refractivity contribution >= 4 is 15.9 Å². The average Bonchev–Trinajstić information content (AvgIpc) is 2.84. The molecule has 0 fully saturated rings. The molecule has 102 valence electrons. The fraction of sp³-hybridized carbons (Fsp3) is 0.385. The van der Waals surface area contributed by atoms with E-state index in [0.29, 0.717) is 13.1 Å². The molecule has 6 heteroatoms. The van der Waals surface area contributed by atoms with Gasteiger partial charge in [-0.25, -0.2) is 4.68 Å². The van der Waals surface area contributed by atoms with Crippen LogP contribution in [0.5, 0.6) is 0 Å². The Labute approximate surface area is 120 Å². The monoisotopic (exact) mass is 324 g/mol. The van der Waals surface area contributed by atoms with Crippen LogP contribution in [0, 0.1) is 0 Å². The van der Waals surface area contributed by atoms with Crippen molar-refractivity contribution in [1.82, 2.24) is 20.3 Å². The quantitative estimate of drug-likeness (QED) is 0.851. The van der Waals surface area contributed by atoms with Crippen molar-refractivity contribution in [2.45, 2.75) is 26.1 Å². The van der Waals surface area contributed by atoms with Crippen molar-refractivity contribution in [3.63, 3.8) is 0 Å². The summed E-state index contributed by atoms with van der Waals surface area (Å²) in [4.78, 5) is 0. The topological polar surface area (TPSA) is 63.0 Å². The Bertz CT molecular complexity index is 529. The molecule has 0 saturated heterocycles. The Kier molecular flexibility index (Phi) is 5.07. The van der Waals surface area contributed by atoms with E-state index in [-0.39, 0.29) is 12.6 Å². The maximum absolute atomic E-state index is 8.81. The minimum atomic E-state index is 0.0741. The lowest BCUT2D eigenvalue weighted by Gasteiger charge is -2.13. The van der Waals surface area contributed by atoms with Gasteiger partial charge in [0.15, 0.2) is 0 Å². The van der Waals surface area contributed by atoms with Gasteiger partial charge in [0.05, 0.1) is 18.8 Å². The normalized spacial score (nSPS) is 12.6. The summed E-state index contributed by atoms with van der Waals surface area (Å²) in [6, 6.07) is 8.46. The first-order valence-electron chi connectivity index (χ1n) is 6.18. The zero-order valence-electron chi connectivity index (χ0n) is 10.8. The van der Waals surface area contributed by atoms with E-state index in [1.165, 1.54) is 5.56 Å². The van der Waals surface area contributed by atoms with Crippen molar-refractivity contribution in [1.29, 1.82) is 0 Å². The molecule has 0 aliphatic carbocycles. The first-order chi connectivity index (χ1) is 9.19. The second-order valence-corrected chi connectivity index (χ2v) is 5.27. The van der Waals surface area contributed by atoms with Crippen LogP contribution in [0.2, 0.25) is 0 Å². The van der Waals surface area contributed by atoms with E-state index in [2.05, 4.69) is 50.6 Å². The minimum absolute atomic E-state index is 0.0741. The summed E-state index contributed by atoms with van der Waals surface area (Å²) in [5, 5.41) is 20.2. The standard InChI is InChI=1S/C13H17BrN4O/c1-10(11-3-2-4-12(14)7-11)15-8-13-9-18(5-6-19)17-16-13/h2-4,7,9-10,15,19H,5-6,8H2,1H3/t10-/m1/s1. The van der Waals surface area contributed by atoms with E-state index in [9.17, 15) is 0 Å². The molecule has 19 heavy (non-hydrogen) atoms. The van der Waals surface area contributed by atoms with Crippen LogP contribution < -0.4 is 5.32 Å². The zero-order valence-corrected chi connectivity index (χ0v) is 12.3. The van der Waals surface area contributed by atoms with Crippen molar-refractivity contribution in [2.24, 2.45) is 0 Å². The first kappa shape index (κ1) is 14.2. The van der Waals surface area contributed by atoms with E-state index in [4.69, 9.17) is 5.11 Å². The van der Waals surface area contributed by atoms with Gasteiger partial charge < -0.3 is 10.4 Å². The third-order valence-corrected chi connectivity index (χ3v) is 3.35. The maximum atomic E-state index is 8.81. The summed E-state index contributed by atoms with van der Waals surface area (Å²) < 4.78 is 2.72. The van der Waals surface area contributed by atoms with Crippen molar-refractivity contribution in [3.05, 3.63) is 46.2 Å². The minimum Gasteiger partial charge on any atom is -0.394 e. The molecule has 1 aromatic heterocycles. The molecule has 2 aromatic rings. The van der Waals surface area contributed by atoms with E-state index in [1.54, 1.807) is 4.68 Å².